The molecule has 3 unspecified atom stereocenters. The van der Waals surface area contributed by atoms with Gasteiger partial charge in [0.1, 0.15) is 5.41 Å². The Balaban J connectivity index is 1.25. The summed E-state index contributed by atoms with van der Waals surface area (Å²) in [5, 5.41) is 11.8. The fourth-order valence-electron chi connectivity index (χ4n) is 5.89. The third-order valence-corrected chi connectivity index (χ3v) is 8.11. The number of alkyl halides is 1. The predicted octanol–water partition coefficient (Wildman–Crippen LogP) is 3.91. The molecule has 7 nitrogen and oxygen atoms in total. The van der Waals surface area contributed by atoms with Crippen LogP contribution in [0.3, 0.4) is 0 Å². The zero-order chi connectivity index (χ0) is 27.5. The van der Waals surface area contributed by atoms with Crippen LogP contribution in [0, 0.1) is 0 Å². The number of amides is 2. The molecule has 0 saturated carbocycles. The third kappa shape index (κ3) is 6.04. The van der Waals surface area contributed by atoms with Gasteiger partial charge in [-0.1, -0.05) is 73.4 Å². The van der Waals surface area contributed by atoms with E-state index < -0.39 is 10.6 Å². The summed E-state index contributed by atoms with van der Waals surface area (Å²) in [4.78, 5) is 28.7. The lowest BCUT2D eigenvalue weighted by molar-refractivity contribution is -0.125. The highest BCUT2D eigenvalue weighted by molar-refractivity contribution is 7.39. The van der Waals surface area contributed by atoms with Crippen molar-refractivity contribution >= 4 is 30.3 Å². The van der Waals surface area contributed by atoms with Gasteiger partial charge in [0.2, 0.25) is 5.91 Å². The zero-order valence-electron chi connectivity index (χ0n) is 21.8. The number of fused-ring (bicyclic) bond motifs is 3. The first-order valence-electron chi connectivity index (χ1n) is 13.3. The number of benzene rings is 2. The molecule has 3 aromatic rings. The number of likely N-dealkylation sites (tertiary alicyclic amines) is 1. The Hall–Kier alpha value is -2.79. The lowest BCUT2D eigenvalue weighted by Gasteiger charge is -2.32. The van der Waals surface area contributed by atoms with E-state index in [2.05, 4.69) is 56.3 Å². The first-order valence-corrected chi connectivity index (χ1v) is 14.5. The number of carbonyl (C=O) groups is 2. The minimum Gasteiger partial charge on any atom is -0.351 e. The summed E-state index contributed by atoms with van der Waals surface area (Å²) in [5.74, 6) is -0.294. The molecule has 1 fully saturated rings. The van der Waals surface area contributed by atoms with Gasteiger partial charge < -0.3 is 15.5 Å². The number of rotatable bonds is 10. The fourth-order valence-corrected chi connectivity index (χ4v) is 6.10. The van der Waals surface area contributed by atoms with E-state index in [1.54, 1.807) is 6.07 Å². The van der Waals surface area contributed by atoms with E-state index in [9.17, 15) is 14.0 Å². The van der Waals surface area contributed by atoms with Crippen LogP contribution < -0.4 is 10.6 Å². The van der Waals surface area contributed by atoms with Crippen molar-refractivity contribution in [1.29, 1.82) is 0 Å². The normalized spacial score (nSPS) is 17.9. The molecule has 1 aromatic heterocycles. The van der Waals surface area contributed by atoms with Crippen LogP contribution in [0.15, 0.2) is 67.0 Å². The summed E-state index contributed by atoms with van der Waals surface area (Å²) in [5.41, 5.74) is 3.74. The maximum Gasteiger partial charge on any atom is 0.253 e. The molecule has 0 spiro atoms. The van der Waals surface area contributed by atoms with Crippen molar-refractivity contribution in [2.45, 2.75) is 42.3 Å². The molecule has 0 bridgehead atoms. The lowest BCUT2D eigenvalue weighted by Crippen LogP contribution is -2.46. The fraction of sp³-hybridized carbons (Fsp3) is 0.379. The minimum atomic E-state index is -1.66. The van der Waals surface area contributed by atoms with Crippen molar-refractivity contribution in [2.75, 3.05) is 26.2 Å². The van der Waals surface area contributed by atoms with Gasteiger partial charge in [-0.25, -0.2) is 4.39 Å². The van der Waals surface area contributed by atoms with E-state index in [0.29, 0.717) is 12.0 Å². The molecule has 2 N–H and O–H groups in total. The number of unbranched alkanes of at least 4 members (excludes halogenated alkanes) is 1. The first-order chi connectivity index (χ1) is 18.8. The number of aromatic nitrogens is 2. The Morgan fingerprint density at radius 2 is 1.72 bits per heavy atom. The third-order valence-electron chi connectivity index (χ3n) is 7.70. The van der Waals surface area contributed by atoms with Gasteiger partial charge in [0.15, 0.2) is 5.15 Å². The summed E-state index contributed by atoms with van der Waals surface area (Å²) in [6.45, 7) is 2.48. The van der Waals surface area contributed by atoms with Crippen molar-refractivity contribution in [3.63, 3.8) is 0 Å². The number of carbonyl (C=O) groups excluding carboxylic acids is 2. The second kappa shape index (κ2) is 11.8. The summed E-state index contributed by atoms with van der Waals surface area (Å²) in [6, 6.07) is 17.9. The monoisotopic (exact) mass is 565 g/mol. The Morgan fingerprint density at radius 1 is 1.03 bits per heavy atom. The average molecular weight is 566 g/mol. The Morgan fingerprint density at radius 3 is 2.36 bits per heavy atom. The summed E-state index contributed by atoms with van der Waals surface area (Å²) < 4.78 is 14.3. The first kappa shape index (κ1) is 27.8. The van der Waals surface area contributed by atoms with E-state index in [4.69, 9.17) is 0 Å². The standard InChI is InChI=1S/C29H34FN5O2P2/c30-29(38,39)19-31-27(37)28(24-9-3-1-7-22(24)23-8-2-4-10-25(23)28)13-5-6-15-35-16-12-21(18-35)34-26(36)20-11-14-32-33-17-20/h1-4,7-11,14,17,21H,5-6,12-13,15-16,18-19,38-39H2,(H,31,37)(H,34,36). The molecule has 204 valence electrons. The maximum absolute atomic E-state index is 14.3. The molecule has 1 saturated heterocycles. The van der Waals surface area contributed by atoms with Crippen molar-refractivity contribution in [2.24, 2.45) is 0 Å². The molecule has 5 rings (SSSR count). The van der Waals surface area contributed by atoms with Crippen LogP contribution >= 0.6 is 18.5 Å². The van der Waals surface area contributed by atoms with E-state index in [1.165, 1.54) is 12.4 Å². The molecule has 10 heteroatoms. The van der Waals surface area contributed by atoms with Crippen LogP contribution in [0.1, 0.15) is 47.2 Å². The zero-order valence-corrected chi connectivity index (χ0v) is 24.1. The van der Waals surface area contributed by atoms with Crippen LogP contribution in [0.4, 0.5) is 4.39 Å². The van der Waals surface area contributed by atoms with Crippen LogP contribution in [0.5, 0.6) is 0 Å². The molecule has 39 heavy (non-hydrogen) atoms. The second-order valence-corrected chi connectivity index (χ2v) is 13.0. The van der Waals surface area contributed by atoms with E-state index >= 15 is 0 Å². The van der Waals surface area contributed by atoms with Crippen LogP contribution in [-0.2, 0) is 10.2 Å². The predicted molar refractivity (Wildman–Crippen MR) is 157 cm³/mol. The van der Waals surface area contributed by atoms with E-state index in [0.717, 1.165) is 61.2 Å². The highest BCUT2D eigenvalue weighted by Crippen LogP contribution is 2.51. The van der Waals surface area contributed by atoms with Crippen LogP contribution in [0.2, 0.25) is 0 Å². The topological polar surface area (TPSA) is 87.2 Å². The highest BCUT2D eigenvalue weighted by Gasteiger charge is 2.48. The van der Waals surface area contributed by atoms with Crippen molar-refractivity contribution in [1.82, 2.24) is 25.7 Å². The molecule has 2 heterocycles. The molecule has 1 aliphatic heterocycles. The number of hydrogen-bond donors (Lipinski definition) is 2. The van der Waals surface area contributed by atoms with E-state index in [1.807, 2.05) is 36.4 Å². The highest BCUT2D eigenvalue weighted by atomic mass is 31.1. The molecular formula is C29H34FN5O2P2. The summed E-state index contributed by atoms with van der Waals surface area (Å²) in [6.07, 6.45) is 6.25. The second-order valence-electron chi connectivity index (χ2n) is 10.5. The summed E-state index contributed by atoms with van der Waals surface area (Å²) in [7, 11) is 4.25. The molecule has 3 atom stereocenters. The number of nitrogens with one attached hydrogen (secondary N) is 2. The number of nitrogens with zero attached hydrogens (tertiary/aromatic N) is 3. The van der Waals surface area contributed by atoms with Gasteiger partial charge in [0.05, 0.1) is 24.5 Å². The Labute approximate surface area is 233 Å². The van der Waals surface area contributed by atoms with Crippen molar-refractivity contribution in [3.8, 4) is 11.1 Å². The molecule has 1 aliphatic carbocycles. The minimum absolute atomic E-state index is 0.0937. The van der Waals surface area contributed by atoms with Crippen LogP contribution in [-0.4, -0.2) is 64.3 Å². The molecular weight excluding hydrogens is 531 g/mol. The van der Waals surface area contributed by atoms with Gasteiger partial charge in [-0.15, -0.1) is 0 Å². The number of hydrogen-bond acceptors (Lipinski definition) is 5. The number of halogens is 1. The lowest BCUT2D eigenvalue weighted by atomic mass is 9.73. The van der Waals surface area contributed by atoms with Gasteiger partial charge in [0, 0.05) is 19.1 Å². The SMILES string of the molecule is O=C(NC1CCN(CCCCC2(C(=O)NCC(F)(P)P)c3ccccc3-c3ccccc32)C1)c1ccnnc1. The van der Waals surface area contributed by atoms with Crippen molar-refractivity contribution < 1.29 is 14.0 Å². The van der Waals surface area contributed by atoms with Gasteiger partial charge in [-0.3, -0.25) is 9.59 Å². The van der Waals surface area contributed by atoms with Gasteiger partial charge in [-0.2, -0.15) is 10.2 Å². The summed E-state index contributed by atoms with van der Waals surface area (Å²) >= 11 is 0. The van der Waals surface area contributed by atoms with Gasteiger partial charge in [-0.05, 0) is 54.1 Å². The largest absolute Gasteiger partial charge is 0.351 e. The van der Waals surface area contributed by atoms with Crippen LogP contribution in [0.25, 0.3) is 11.1 Å². The molecule has 2 amide bonds. The molecule has 2 aliphatic rings. The van der Waals surface area contributed by atoms with Gasteiger partial charge >= 0.3 is 0 Å². The Bertz CT molecular complexity index is 1290. The molecule has 2 aromatic carbocycles. The van der Waals surface area contributed by atoms with E-state index in [-0.39, 0.29) is 24.4 Å². The van der Waals surface area contributed by atoms with Crippen molar-refractivity contribution in [3.05, 3.63) is 83.7 Å². The maximum atomic E-state index is 14.3. The smallest absolute Gasteiger partial charge is 0.253 e. The Kier molecular flexibility index (Phi) is 8.37. The average Bonchev–Trinajstić information content (AvgIpc) is 3.50. The van der Waals surface area contributed by atoms with Gasteiger partial charge in [0.25, 0.3) is 5.91 Å². The quantitative estimate of drug-likeness (QED) is 0.288. The molecule has 0 radical (unpaired) electrons.